The molecule has 0 fully saturated rings. The molecule has 39 heteroatoms. The van der Waals surface area contributed by atoms with Gasteiger partial charge in [0, 0.05) is 38.9 Å². The highest BCUT2D eigenvalue weighted by molar-refractivity contribution is 14.1. The summed E-state index contributed by atoms with van der Waals surface area (Å²) in [5.74, 6) is -49.3. The van der Waals surface area contributed by atoms with E-state index in [1.54, 1.807) is 0 Å². The molecule has 90 heavy (non-hydrogen) atoms. The van der Waals surface area contributed by atoms with Gasteiger partial charge in [-0.05, 0) is 87.0 Å². The minimum Gasteiger partial charge on any atom is -0.258 e. The van der Waals surface area contributed by atoms with Crippen molar-refractivity contribution in [1.29, 1.82) is 5.26 Å². The number of hydrogen-bond donors (Lipinski definition) is 0. The molecule has 0 radical (unpaired) electrons. The van der Waals surface area contributed by atoms with Gasteiger partial charge < -0.3 is 0 Å². The van der Waals surface area contributed by atoms with Crippen molar-refractivity contribution in [2.45, 2.75) is 54.6 Å². The van der Waals surface area contributed by atoms with Gasteiger partial charge in [0.05, 0.1) is 13.0 Å². The fourth-order valence-electron chi connectivity index (χ4n) is 5.58. The second kappa shape index (κ2) is 32.1. The second-order valence-corrected chi connectivity index (χ2v) is 18.6. The van der Waals surface area contributed by atoms with Gasteiger partial charge in [-0.1, -0.05) is 11.6 Å². The van der Waals surface area contributed by atoms with Crippen LogP contribution in [0, 0.1) is 242 Å². The lowest BCUT2D eigenvalue weighted by Gasteiger charge is -2.11. The van der Waals surface area contributed by atoms with Gasteiger partial charge >= 0.3 is 11.9 Å². The first-order chi connectivity index (χ1) is 40.9. The van der Waals surface area contributed by atoms with E-state index in [0.29, 0.717) is 6.92 Å². The highest BCUT2D eigenvalue weighted by Crippen LogP contribution is 2.37. The molecule has 492 valence electrons. The molecule has 7 rings (SSSR count). The summed E-state index contributed by atoms with van der Waals surface area (Å²) in [5.41, 5.74) is -11.3. The molecule has 0 saturated heterocycles. The fraction of sp³-hybridized carbons (Fsp3) is 0.157. The number of nitriles is 1. The molecule has 0 aliphatic rings. The SMILES string of the molecule is Cc1c(F)c(F)c(Br)c(F)c1F.Cc1c(F)c(F)c(C#N)c(F)c1F.Cc1c(F)c(F)c(C(F)(F)F)c(F)c1F.Cc1c(F)c(F)c(Cl)c(F)c1F.Cc1c(F)c(F)c(F)c(F)c1F.Cc1c(F)c(F)c(I)c(F)c1F.Cc1c(F)c(F)c([N+](=O)[O-])c(F)c1F. The van der Waals surface area contributed by atoms with Crippen LogP contribution in [0.25, 0.3) is 0 Å². The monoisotopic (exact) mass is 1540 g/mol. The van der Waals surface area contributed by atoms with Gasteiger partial charge in [-0.15, -0.1) is 0 Å². The molecule has 0 bridgehead atoms. The van der Waals surface area contributed by atoms with Crippen LogP contribution >= 0.6 is 50.1 Å². The second-order valence-electron chi connectivity index (χ2n) is 16.4. The molecule has 0 spiro atoms. The van der Waals surface area contributed by atoms with Crippen LogP contribution in [-0.2, 0) is 6.18 Å². The summed E-state index contributed by atoms with van der Waals surface area (Å²) in [4.78, 5) is 8.53. The van der Waals surface area contributed by atoms with E-state index in [0.717, 1.165) is 47.6 Å². The number of rotatable bonds is 1. The number of hydrogen-bond acceptors (Lipinski definition) is 3. The lowest BCUT2D eigenvalue weighted by Crippen LogP contribution is -2.16. The van der Waals surface area contributed by atoms with Crippen LogP contribution in [-0.4, -0.2) is 4.92 Å². The van der Waals surface area contributed by atoms with Crippen molar-refractivity contribution in [1.82, 2.24) is 0 Å². The zero-order valence-electron chi connectivity index (χ0n) is 43.9. The first-order valence-corrected chi connectivity index (χ1v) is 24.2. The number of halogens is 35. The van der Waals surface area contributed by atoms with E-state index in [-0.39, 0.29) is 0 Å². The van der Waals surface area contributed by atoms with E-state index in [2.05, 4.69) is 15.9 Å². The number of nitrogens with zero attached hydrogens (tertiary/aromatic N) is 2. The quantitative estimate of drug-likeness (QED) is 0.0411. The first-order valence-electron chi connectivity index (χ1n) is 21.9. The molecule has 0 unspecified atom stereocenters. The lowest BCUT2D eigenvalue weighted by molar-refractivity contribution is -0.390. The van der Waals surface area contributed by atoms with Gasteiger partial charge in [0.25, 0.3) is 0 Å². The predicted octanol–water partition coefficient (Wildman–Crippen LogP) is 20.8. The van der Waals surface area contributed by atoms with E-state index in [1.165, 1.54) is 22.6 Å². The summed E-state index contributed by atoms with van der Waals surface area (Å²) in [7, 11) is 0. The summed E-state index contributed by atoms with van der Waals surface area (Å²) >= 11 is 8.52. The Morgan fingerprint density at radius 3 is 0.800 bits per heavy atom. The highest BCUT2D eigenvalue weighted by Gasteiger charge is 2.42. The summed E-state index contributed by atoms with van der Waals surface area (Å²) in [5, 5.41) is 17.1. The zero-order chi connectivity index (χ0) is 71.0. The molecule has 4 nitrogen and oxygen atoms in total. The average Bonchev–Trinajstić information content (AvgIpc) is 0.832. The van der Waals surface area contributed by atoms with Gasteiger partial charge in [-0.2, -0.15) is 27.2 Å². The Labute approximate surface area is 507 Å². The highest BCUT2D eigenvalue weighted by atomic mass is 127. The molecule has 0 amide bonds. The van der Waals surface area contributed by atoms with Crippen LogP contribution in [0.3, 0.4) is 0 Å². The molecule has 0 aliphatic carbocycles. The standard InChI is InChI=1S/C8H3F7.C8H3F4N.C7H3BrF4.C7H3ClF4.C7H3F5.C7H3F4I.C7H3F4NO2/c1-2-4(9)6(11)3(8(13,14)15)7(12)5(2)10;1-3-5(9)7(11)4(2-13)8(12)6(3)10;2*1-2-4(9)6(11)3(8)7(12)5(2)10;2*1-2-3(8)5(10)7(12)6(11)4(2)9;1-2-3(8)5(10)7(12(13)14)6(11)4(2)9/h1H3;1H3;4*1H3;1H3. The zero-order valence-corrected chi connectivity index (χ0v) is 48.4. The lowest BCUT2D eigenvalue weighted by atomic mass is 10.1. The Balaban J connectivity index is 0.000000526. The first kappa shape index (κ1) is 80.7. The van der Waals surface area contributed by atoms with Crippen LogP contribution in [0.2, 0.25) is 5.02 Å². The Kier molecular flexibility index (Phi) is 28.8. The van der Waals surface area contributed by atoms with Crippen molar-refractivity contribution in [3.05, 3.63) is 242 Å². The van der Waals surface area contributed by atoms with Crippen LogP contribution in [0.5, 0.6) is 0 Å². The van der Waals surface area contributed by atoms with Gasteiger partial charge in [0.1, 0.15) is 22.2 Å². The molecular weight excluding hydrogens is 1520 g/mol. The van der Waals surface area contributed by atoms with Crippen molar-refractivity contribution in [2.24, 2.45) is 0 Å². The van der Waals surface area contributed by atoms with Crippen molar-refractivity contribution in [3.8, 4) is 6.07 Å². The van der Waals surface area contributed by atoms with Crippen molar-refractivity contribution in [3.63, 3.8) is 0 Å². The Morgan fingerprint density at radius 2 is 0.556 bits per heavy atom. The van der Waals surface area contributed by atoms with E-state index in [1.807, 2.05) is 0 Å². The van der Waals surface area contributed by atoms with E-state index in [4.69, 9.17) is 16.9 Å². The van der Waals surface area contributed by atoms with E-state index >= 15 is 0 Å². The minimum atomic E-state index is -5.48. The number of nitro groups is 1. The summed E-state index contributed by atoms with van der Waals surface area (Å²) < 4.78 is 400. The number of benzene rings is 7. The third-order valence-corrected chi connectivity index (χ3v) is 12.7. The van der Waals surface area contributed by atoms with Gasteiger partial charge in [0.2, 0.25) is 17.5 Å². The van der Waals surface area contributed by atoms with Gasteiger partial charge in [0.15, 0.2) is 151 Å². The van der Waals surface area contributed by atoms with Crippen molar-refractivity contribution in [2.75, 3.05) is 0 Å². The van der Waals surface area contributed by atoms with Gasteiger partial charge in [-0.3, -0.25) is 10.1 Å². The average molecular weight is 1540 g/mol. The Bertz CT molecular complexity index is 3230. The summed E-state index contributed by atoms with van der Waals surface area (Å²) in [6.45, 7) is 5.98. The van der Waals surface area contributed by atoms with Crippen molar-refractivity contribution < 1.29 is 145 Å². The van der Waals surface area contributed by atoms with Crippen LogP contribution < -0.4 is 0 Å². The minimum absolute atomic E-state index is 0.634. The Morgan fingerprint density at radius 1 is 0.356 bits per heavy atom. The topological polar surface area (TPSA) is 66.9 Å². The summed E-state index contributed by atoms with van der Waals surface area (Å²) in [6.07, 6.45) is -5.48. The maximum absolute atomic E-state index is 12.7. The predicted molar refractivity (Wildman–Crippen MR) is 259 cm³/mol. The van der Waals surface area contributed by atoms with Crippen LogP contribution in [0.1, 0.15) is 50.1 Å². The largest absolute Gasteiger partial charge is 0.422 e. The van der Waals surface area contributed by atoms with E-state index < -0.39 is 249 Å². The molecule has 7 aromatic rings. The molecule has 0 aliphatic heterocycles. The molecular formula is C51H21BrClF32IN2O2. The summed E-state index contributed by atoms with van der Waals surface area (Å²) in [6, 6.07) is 1.04. The fourth-order valence-corrected chi connectivity index (χ4v) is 6.57. The molecule has 0 heterocycles. The molecule has 0 saturated carbocycles. The Hall–Kier alpha value is -7.31. The van der Waals surface area contributed by atoms with E-state index in [9.17, 15) is 151 Å². The third kappa shape index (κ3) is 17.2. The maximum atomic E-state index is 12.7. The molecule has 0 N–H and O–H groups in total. The molecule has 0 aromatic heterocycles. The third-order valence-electron chi connectivity index (χ3n) is 10.7. The van der Waals surface area contributed by atoms with Gasteiger partial charge in [-0.25, -0.2) is 119 Å². The normalized spacial score (nSPS) is 10.6. The number of nitro benzene ring substituents is 1. The number of alkyl halides is 3. The maximum Gasteiger partial charge on any atom is 0.422 e. The smallest absolute Gasteiger partial charge is 0.258 e. The molecule has 7 aromatic carbocycles. The molecule has 0 atom stereocenters. The van der Waals surface area contributed by atoms with Crippen molar-refractivity contribution >= 4 is 55.8 Å². The van der Waals surface area contributed by atoms with Crippen LogP contribution in [0.15, 0.2) is 4.47 Å². The van der Waals surface area contributed by atoms with Crippen LogP contribution in [0.4, 0.5) is 146 Å².